The summed E-state index contributed by atoms with van der Waals surface area (Å²) < 4.78 is 10.3. The van der Waals surface area contributed by atoms with Crippen LogP contribution in [0, 0.1) is 0 Å². The zero-order chi connectivity index (χ0) is 19.6. The molecule has 0 aliphatic heterocycles. The van der Waals surface area contributed by atoms with E-state index in [1.54, 1.807) is 20.8 Å². The molecule has 1 aromatic rings. The fourth-order valence-electron chi connectivity index (χ4n) is 2.21. The number of aliphatic hydroxyl groups is 1. The number of nitrogens with one attached hydrogen (secondary N) is 2. The van der Waals surface area contributed by atoms with Gasteiger partial charge in [-0.15, -0.1) is 0 Å². The highest BCUT2D eigenvalue weighted by Gasteiger charge is 2.24. The van der Waals surface area contributed by atoms with Crippen molar-refractivity contribution in [3.05, 3.63) is 35.9 Å². The second-order valence-corrected chi connectivity index (χ2v) is 7.05. The Hall–Kier alpha value is -2.28. The van der Waals surface area contributed by atoms with Gasteiger partial charge in [-0.05, 0) is 32.8 Å². The maximum atomic E-state index is 11.9. The molecule has 7 nitrogen and oxygen atoms in total. The molecule has 0 aliphatic rings. The van der Waals surface area contributed by atoms with Gasteiger partial charge in [0.15, 0.2) is 0 Å². The molecule has 26 heavy (non-hydrogen) atoms. The molecule has 0 fully saturated rings. The first-order chi connectivity index (χ1) is 12.2. The minimum Gasteiger partial charge on any atom is -0.445 e. The molecule has 3 N–H and O–H groups in total. The van der Waals surface area contributed by atoms with Crippen molar-refractivity contribution in [2.24, 2.45) is 0 Å². The van der Waals surface area contributed by atoms with E-state index in [1.807, 2.05) is 37.3 Å². The molecular formula is C19H30N2O5. The van der Waals surface area contributed by atoms with E-state index in [4.69, 9.17) is 9.47 Å². The largest absolute Gasteiger partial charge is 0.445 e. The van der Waals surface area contributed by atoms with Crippen molar-refractivity contribution in [2.75, 3.05) is 6.54 Å². The number of amides is 2. The monoisotopic (exact) mass is 366 g/mol. The number of ether oxygens (including phenoxy) is 2. The average molecular weight is 366 g/mol. The van der Waals surface area contributed by atoms with E-state index in [1.165, 1.54) is 0 Å². The first-order valence-corrected chi connectivity index (χ1v) is 8.83. The van der Waals surface area contributed by atoms with Crippen molar-refractivity contribution in [3.63, 3.8) is 0 Å². The molecule has 146 valence electrons. The van der Waals surface area contributed by atoms with E-state index in [-0.39, 0.29) is 13.2 Å². The summed E-state index contributed by atoms with van der Waals surface area (Å²) in [6.07, 6.45) is -0.833. The second-order valence-electron chi connectivity index (χ2n) is 7.05. The average Bonchev–Trinajstić information content (AvgIpc) is 2.56. The third-order valence-corrected chi connectivity index (χ3v) is 3.43. The van der Waals surface area contributed by atoms with Gasteiger partial charge in [0, 0.05) is 6.54 Å². The molecule has 0 saturated carbocycles. The highest BCUT2D eigenvalue weighted by atomic mass is 16.6. The number of alkyl carbamates (subject to hydrolysis) is 2. The first kappa shape index (κ1) is 21.8. The van der Waals surface area contributed by atoms with Crippen molar-refractivity contribution in [3.8, 4) is 0 Å². The molecule has 2 atom stereocenters. The van der Waals surface area contributed by atoms with Gasteiger partial charge in [-0.1, -0.05) is 43.7 Å². The molecule has 0 saturated heterocycles. The predicted molar refractivity (Wildman–Crippen MR) is 98.7 cm³/mol. The quantitative estimate of drug-likeness (QED) is 0.657. The van der Waals surface area contributed by atoms with Crippen LogP contribution in [0.25, 0.3) is 0 Å². The van der Waals surface area contributed by atoms with E-state index in [2.05, 4.69) is 10.6 Å². The molecule has 0 bridgehead atoms. The van der Waals surface area contributed by atoms with Crippen LogP contribution in [0.4, 0.5) is 9.59 Å². The highest BCUT2D eigenvalue weighted by Crippen LogP contribution is 2.08. The van der Waals surface area contributed by atoms with Crippen LogP contribution in [0.3, 0.4) is 0 Å². The van der Waals surface area contributed by atoms with Crippen molar-refractivity contribution in [1.82, 2.24) is 10.6 Å². The molecule has 1 aromatic carbocycles. The van der Waals surface area contributed by atoms with Crippen LogP contribution in [0.1, 0.15) is 46.1 Å². The van der Waals surface area contributed by atoms with Gasteiger partial charge in [0.1, 0.15) is 12.2 Å². The number of hydrogen-bond acceptors (Lipinski definition) is 5. The normalized spacial score (nSPS) is 13.4. The molecule has 0 radical (unpaired) electrons. The zero-order valence-corrected chi connectivity index (χ0v) is 16.0. The van der Waals surface area contributed by atoms with E-state index < -0.39 is 29.9 Å². The number of benzene rings is 1. The van der Waals surface area contributed by atoms with Crippen LogP contribution in [0.15, 0.2) is 30.3 Å². The fraction of sp³-hybridized carbons (Fsp3) is 0.579. The maximum Gasteiger partial charge on any atom is 0.408 e. The maximum absolute atomic E-state index is 11.9. The van der Waals surface area contributed by atoms with Crippen LogP contribution in [0.2, 0.25) is 0 Å². The highest BCUT2D eigenvalue weighted by molar-refractivity contribution is 5.69. The molecule has 0 spiro atoms. The van der Waals surface area contributed by atoms with E-state index in [0.717, 1.165) is 12.0 Å². The van der Waals surface area contributed by atoms with Gasteiger partial charge in [-0.25, -0.2) is 9.59 Å². The summed E-state index contributed by atoms with van der Waals surface area (Å²) in [6, 6.07) is 8.63. The SMILES string of the molecule is CCC[C@H](O)[C@H](CNC(=O)OCc1ccccc1)NC(=O)OC(C)(C)C. The number of hydrogen-bond donors (Lipinski definition) is 3. The van der Waals surface area contributed by atoms with Gasteiger partial charge in [0.05, 0.1) is 12.1 Å². The van der Waals surface area contributed by atoms with Gasteiger partial charge < -0.3 is 25.2 Å². The van der Waals surface area contributed by atoms with E-state index in [0.29, 0.717) is 6.42 Å². The minimum absolute atomic E-state index is 0.0357. The first-order valence-electron chi connectivity index (χ1n) is 8.83. The van der Waals surface area contributed by atoms with Crippen LogP contribution in [-0.2, 0) is 16.1 Å². The summed E-state index contributed by atoms with van der Waals surface area (Å²) in [7, 11) is 0. The third kappa shape index (κ3) is 9.27. The van der Waals surface area contributed by atoms with Crippen LogP contribution in [-0.4, -0.2) is 41.6 Å². The third-order valence-electron chi connectivity index (χ3n) is 3.43. The zero-order valence-electron chi connectivity index (χ0n) is 16.0. The summed E-state index contributed by atoms with van der Waals surface area (Å²) in [5.74, 6) is 0. The van der Waals surface area contributed by atoms with Gasteiger partial charge in [-0.3, -0.25) is 0 Å². The Morgan fingerprint density at radius 3 is 2.38 bits per heavy atom. The van der Waals surface area contributed by atoms with Crippen molar-refractivity contribution >= 4 is 12.2 Å². The molecule has 0 unspecified atom stereocenters. The molecular weight excluding hydrogens is 336 g/mol. The van der Waals surface area contributed by atoms with Crippen molar-refractivity contribution in [2.45, 2.75) is 64.9 Å². The number of carbonyl (C=O) groups is 2. The van der Waals surface area contributed by atoms with Crippen molar-refractivity contribution < 1.29 is 24.2 Å². The lowest BCUT2D eigenvalue weighted by molar-refractivity contribution is 0.0409. The van der Waals surface area contributed by atoms with Gasteiger partial charge in [0.25, 0.3) is 0 Å². The second kappa shape index (κ2) is 10.7. The van der Waals surface area contributed by atoms with E-state index >= 15 is 0 Å². The molecule has 0 heterocycles. The van der Waals surface area contributed by atoms with Gasteiger partial charge in [0.2, 0.25) is 0 Å². The van der Waals surface area contributed by atoms with Gasteiger partial charge in [-0.2, -0.15) is 0 Å². The number of aliphatic hydroxyl groups excluding tert-OH is 1. The summed E-state index contributed by atoms with van der Waals surface area (Å²) in [5.41, 5.74) is 0.226. The van der Waals surface area contributed by atoms with Crippen LogP contribution >= 0.6 is 0 Å². The number of rotatable bonds is 8. The topological polar surface area (TPSA) is 96.9 Å². The van der Waals surface area contributed by atoms with Crippen LogP contribution < -0.4 is 10.6 Å². The Kier molecular flexibility index (Phi) is 8.92. The Balaban J connectivity index is 2.51. The smallest absolute Gasteiger partial charge is 0.408 e. The molecule has 0 aliphatic carbocycles. The summed E-state index contributed by atoms with van der Waals surface area (Å²) in [4.78, 5) is 23.8. The standard InChI is InChI=1S/C19H30N2O5/c1-5-9-16(22)15(21-18(24)26-19(2,3)4)12-20-17(23)25-13-14-10-7-6-8-11-14/h6-8,10-11,15-16,22H,5,9,12-13H2,1-4H3,(H,20,23)(H,21,24)/t15-,16-/m0/s1. The molecule has 2 amide bonds. The Morgan fingerprint density at radius 2 is 1.81 bits per heavy atom. The molecule has 0 aromatic heterocycles. The lowest BCUT2D eigenvalue weighted by Crippen LogP contribution is -2.51. The van der Waals surface area contributed by atoms with Gasteiger partial charge >= 0.3 is 12.2 Å². The fourth-order valence-corrected chi connectivity index (χ4v) is 2.21. The number of carbonyl (C=O) groups excluding carboxylic acids is 2. The lowest BCUT2D eigenvalue weighted by Gasteiger charge is -2.26. The summed E-state index contributed by atoms with van der Waals surface area (Å²) >= 11 is 0. The van der Waals surface area contributed by atoms with E-state index in [9.17, 15) is 14.7 Å². The Bertz CT molecular complexity index is 557. The summed E-state index contributed by atoms with van der Waals surface area (Å²) in [6.45, 7) is 7.37. The lowest BCUT2D eigenvalue weighted by atomic mass is 10.1. The summed E-state index contributed by atoms with van der Waals surface area (Å²) in [5, 5.41) is 15.4. The van der Waals surface area contributed by atoms with Crippen LogP contribution in [0.5, 0.6) is 0 Å². The van der Waals surface area contributed by atoms with Crippen molar-refractivity contribution in [1.29, 1.82) is 0 Å². The molecule has 1 rings (SSSR count). The minimum atomic E-state index is -0.804. The Morgan fingerprint density at radius 1 is 1.15 bits per heavy atom. The molecule has 7 heteroatoms. The Labute approximate surface area is 155 Å². The predicted octanol–water partition coefficient (Wildman–Crippen LogP) is 2.97.